The molecular formula is C26H24F3N3O. The number of imidazole rings is 1. The van der Waals surface area contributed by atoms with Crippen molar-refractivity contribution in [2.45, 2.75) is 31.6 Å². The first-order valence-electron chi connectivity index (χ1n) is 11.1. The fraction of sp³-hybridized carbons (Fsp3) is 0.269. The number of fused-ring (bicyclic) bond motifs is 1. The number of anilines is 1. The van der Waals surface area contributed by atoms with Crippen LogP contribution < -0.4 is 10.6 Å². The Morgan fingerprint density at radius 2 is 1.39 bits per heavy atom. The number of halogens is 3. The van der Waals surface area contributed by atoms with E-state index in [0.717, 1.165) is 43.2 Å². The van der Waals surface area contributed by atoms with E-state index < -0.39 is 11.7 Å². The van der Waals surface area contributed by atoms with Crippen LogP contribution in [-0.2, 0) is 12.7 Å². The van der Waals surface area contributed by atoms with Gasteiger partial charge >= 0.3 is 11.9 Å². The summed E-state index contributed by atoms with van der Waals surface area (Å²) in [6.07, 6.45) is -2.88. The van der Waals surface area contributed by atoms with Crippen LogP contribution in [0.3, 0.4) is 0 Å². The van der Waals surface area contributed by atoms with Gasteiger partial charge in [0.15, 0.2) is 0 Å². The van der Waals surface area contributed by atoms with Crippen molar-refractivity contribution in [3.63, 3.8) is 0 Å². The van der Waals surface area contributed by atoms with Crippen molar-refractivity contribution in [1.29, 1.82) is 0 Å². The zero-order chi connectivity index (χ0) is 23.0. The molecule has 1 fully saturated rings. The second kappa shape index (κ2) is 8.46. The van der Waals surface area contributed by atoms with Gasteiger partial charge < -0.3 is 4.90 Å². The van der Waals surface area contributed by atoms with Crippen molar-refractivity contribution in [3.05, 3.63) is 100 Å². The highest BCUT2D eigenvalue weighted by molar-refractivity contribution is 5.76. The molecule has 0 spiro atoms. The second-order valence-electron chi connectivity index (χ2n) is 8.44. The Morgan fingerprint density at radius 1 is 0.788 bits per heavy atom. The molecule has 3 aromatic carbocycles. The lowest BCUT2D eigenvalue weighted by atomic mass is 10.0. The summed E-state index contributed by atoms with van der Waals surface area (Å²) >= 11 is 0. The number of rotatable bonds is 4. The minimum absolute atomic E-state index is 0.00136. The SMILES string of the molecule is O=c1n(Cc2ccccc2C(F)(F)F)c2ccccc2n1C1CCN(c2ccccc2)CC1. The van der Waals surface area contributed by atoms with E-state index in [2.05, 4.69) is 17.0 Å². The third kappa shape index (κ3) is 4.03. The molecule has 1 saturated heterocycles. The Labute approximate surface area is 189 Å². The quantitative estimate of drug-likeness (QED) is 0.398. The van der Waals surface area contributed by atoms with Gasteiger partial charge in [-0.25, -0.2) is 4.79 Å². The molecule has 1 aliphatic rings. The van der Waals surface area contributed by atoms with Crippen molar-refractivity contribution in [2.75, 3.05) is 18.0 Å². The summed E-state index contributed by atoms with van der Waals surface area (Å²) in [4.78, 5) is 15.8. The van der Waals surface area contributed by atoms with Crippen LogP contribution in [0.2, 0.25) is 0 Å². The van der Waals surface area contributed by atoms with Gasteiger partial charge in [-0.1, -0.05) is 48.5 Å². The second-order valence-corrected chi connectivity index (χ2v) is 8.44. The molecule has 33 heavy (non-hydrogen) atoms. The molecule has 0 bridgehead atoms. The van der Waals surface area contributed by atoms with Gasteiger partial charge in [-0.05, 0) is 48.7 Å². The Morgan fingerprint density at radius 3 is 2.09 bits per heavy atom. The molecule has 0 radical (unpaired) electrons. The lowest BCUT2D eigenvalue weighted by molar-refractivity contribution is -0.138. The number of para-hydroxylation sites is 3. The predicted octanol–water partition coefficient (Wildman–Crippen LogP) is 5.71. The minimum atomic E-state index is -4.47. The summed E-state index contributed by atoms with van der Waals surface area (Å²) in [5.74, 6) is 0. The Bertz CT molecular complexity index is 1320. The topological polar surface area (TPSA) is 30.2 Å². The predicted molar refractivity (Wildman–Crippen MR) is 124 cm³/mol. The Balaban J connectivity index is 1.49. The third-order valence-electron chi connectivity index (χ3n) is 6.47. The molecule has 4 nitrogen and oxygen atoms in total. The van der Waals surface area contributed by atoms with E-state index in [9.17, 15) is 18.0 Å². The van der Waals surface area contributed by atoms with E-state index in [1.165, 1.54) is 16.7 Å². The largest absolute Gasteiger partial charge is 0.416 e. The zero-order valence-electron chi connectivity index (χ0n) is 18.0. The van der Waals surface area contributed by atoms with Crippen molar-refractivity contribution in [1.82, 2.24) is 9.13 Å². The number of piperidine rings is 1. The highest BCUT2D eigenvalue weighted by Crippen LogP contribution is 2.33. The van der Waals surface area contributed by atoms with Crippen LogP contribution in [0.5, 0.6) is 0 Å². The Kier molecular flexibility index (Phi) is 5.48. The van der Waals surface area contributed by atoms with Crippen LogP contribution in [0.15, 0.2) is 83.7 Å². The first-order chi connectivity index (χ1) is 15.9. The number of nitrogens with zero attached hydrogens (tertiary/aromatic N) is 3. The summed E-state index contributed by atoms with van der Waals surface area (Å²) in [5, 5.41) is 0. The van der Waals surface area contributed by atoms with Gasteiger partial charge in [0.25, 0.3) is 0 Å². The number of benzene rings is 3. The first kappa shape index (κ1) is 21.4. The monoisotopic (exact) mass is 451 g/mol. The van der Waals surface area contributed by atoms with Crippen LogP contribution in [-0.4, -0.2) is 22.2 Å². The molecule has 1 aromatic heterocycles. The molecule has 0 aliphatic carbocycles. The van der Waals surface area contributed by atoms with E-state index in [1.807, 2.05) is 42.5 Å². The molecule has 4 aromatic rings. The van der Waals surface area contributed by atoms with Crippen LogP contribution in [0.25, 0.3) is 11.0 Å². The van der Waals surface area contributed by atoms with Gasteiger partial charge in [-0.2, -0.15) is 13.2 Å². The lowest BCUT2D eigenvalue weighted by Crippen LogP contribution is -2.38. The van der Waals surface area contributed by atoms with Crippen molar-refractivity contribution in [3.8, 4) is 0 Å². The van der Waals surface area contributed by atoms with Gasteiger partial charge in [-0.3, -0.25) is 9.13 Å². The van der Waals surface area contributed by atoms with Crippen LogP contribution >= 0.6 is 0 Å². The molecule has 5 rings (SSSR count). The van der Waals surface area contributed by atoms with E-state index >= 15 is 0 Å². The van der Waals surface area contributed by atoms with Crippen molar-refractivity contribution >= 4 is 16.7 Å². The van der Waals surface area contributed by atoms with E-state index in [1.54, 1.807) is 10.6 Å². The Hall–Kier alpha value is -3.48. The third-order valence-corrected chi connectivity index (χ3v) is 6.47. The molecule has 0 unspecified atom stereocenters. The highest BCUT2D eigenvalue weighted by atomic mass is 19.4. The molecule has 0 saturated carbocycles. The summed E-state index contributed by atoms with van der Waals surface area (Å²) in [5.41, 5.74) is 1.72. The number of aromatic nitrogens is 2. The van der Waals surface area contributed by atoms with Crippen molar-refractivity contribution in [2.24, 2.45) is 0 Å². The van der Waals surface area contributed by atoms with E-state index in [-0.39, 0.29) is 23.8 Å². The maximum atomic E-state index is 13.5. The van der Waals surface area contributed by atoms with E-state index in [0.29, 0.717) is 5.52 Å². The summed E-state index contributed by atoms with van der Waals surface area (Å²) in [6.45, 7) is 1.51. The van der Waals surface area contributed by atoms with Gasteiger partial charge in [0.2, 0.25) is 0 Å². The lowest BCUT2D eigenvalue weighted by Gasteiger charge is -2.34. The average molecular weight is 451 g/mol. The molecular weight excluding hydrogens is 427 g/mol. The van der Waals surface area contributed by atoms with Crippen LogP contribution in [0.4, 0.5) is 18.9 Å². The van der Waals surface area contributed by atoms with Crippen LogP contribution in [0.1, 0.15) is 30.0 Å². The van der Waals surface area contributed by atoms with Gasteiger partial charge in [-0.15, -0.1) is 0 Å². The molecule has 0 atom stereocenters. The number of alkyl halides is 3. The fourth-order valence-electron chi connectivity index (χ4n) is 4.86. The molecule has 2 heterocycles. The van der Waals surface area contributed by atoms with Gasteiger partial charge in [0, 0.05) is 24.8 Å². The minimum Gasteiger partial charge on any atom is -0.371 e. The molecule has 1 aliphatic heterocycles. The molecule has 0 N–H and O–H groups in total. The van der Waals surface area contributed by atoms with Gasteiger partial charge in [0.05, 0.1) is 23.1 Å². The van der Waals surface area contributed by atoms with Gasteiger partial charge in [0.1, 0.15) is 0 Å². The number of hydrogen-bond acceptors (Lipinski definition) is 2. The average Bonchev–Trinajstić information content (AvgIpc) is 3.11. The number of hydrogen-bond donors (Lipinski definition) is 0. The highest BCUT2D eigenvalue weighted by Gasteiger charge is 2.33. The van der Waals surface area contributed by atoms with Crippen molar-refractivity contribution < 1.29 is 13.2 Å². The summed E-state index contributed by atoms with van der Waals surface area (Å²) < 4.78 is 43.9. The maximum Gasteiger partial charge on any atom is 0.416 e. The summed E-state index contributed by atoms with van der Waals surface area (Å²) in [7, 11) is 0. The fourth-order valence-corrected chi connectivity index (χ4v) is 4.86. The molecule has 170 valence electrons. The first-order valence-corrected chi connectivity index (χ1v) is 11.1. The summed E-state index contributed by atoms with van der Waals surface area (Å²) in [6, 6.07) is 23.0. The standard InChI is InChI=1S/C26H24F3N3O/c27-26(28,29)22-11-5-4-8-19(22)18-31-23-12-6-7-13-24(23)32(25(31)33)21-14-16-30(17-15-21)20-9-2-1-3-10-20/h1-13,21H,14-18H2. The zero-order valence-corrected chi connectivity index (χ0v) is 18.0. The maximum absolute atomic E-state index is 13.5. The van der Waals surface area contributed by atoms with Crippen LogP contribution in [0, 0.1) is 0 Å². The molecule has 0 amide bonds. The normalized spacial score (nSPS) is 15.3. The smallest absolute Gasteiger partial charge is 0.371 e. The molecule has 7 heteroatoms. The van der Waals surface area contributed by atoms with E-state index in [4.69, 9.17) is 0 Å².